The molecule has 2 aromatic rings. The van der Waals surface area contributed by atoms with Crippen molar-refractivity contribution in [2.45, 2.75) is 39.0 Å². The molecule has 1 heterocycles. The van der Waals surface area contributed by atoms with Crippen molar-refractivity contribution in [1.82, 2.24) is 4.90 Å². The molecule has 0 spiro atoms. The summed E-state index contributed by atoms with van der Waals surface area (Å²) in [5.74, 6) is 0.110. The Bertz CT molecular complexity index is 747. The SMILES string of the molecule is CC(C)OC(=O)N1Cc2ccccc2CC1COc1cccc(F)c1. The fourth-order valence-corrected chi connectivity index (χ4v) is 2.97. The maximum atomic E-state index is 13.3. The number of ether oxygens (including phenoxy) is 2. The van der Waals surface area contributed by atoms with Crippen molar-refractivity contribution < 1.29 is 18.7 Å². The minimum Gasteiger partial charge on any atom is -0.491 e. The van der Waals surface area contributed by atoms with Crippen LogP contribution in [0.2, 0.25) is 0 Å². The lowest BCUT2D eigenvalue weighted by molar-refractivity contribution is 0.0462. The average Bonchev–Trinajstić information content (AvgIpc) is 2.58. The topological polar surface area (TPSA) is 38.8 Å². The monoisotopic (exact) mass is 343 g/mol. The Balaban J connectivity index is 1.76. The maximum Gasteiger partial charge on any atom is 0.410 e. The van der Waals surface area contributed by atoms with Crippen LogP contribution in [0.5, 0.6) is 5.75 Å². The number of halogens is 1. The number of amides is 1. The second-order valence-electron chi connectivity index (χ2n) is 6.46. The van der Waals surface area contributed by atoms with Gasteiger partial charge in [-0.15, -0.1) is 0 Å². The van der Waals surface area contributed by atoms with Gasteiger partial charge in [-0.3, -0.25) is 4.90 Å². The Hall–Kier alpha value is -2.56. The minimum absolute atomic E-state index is 0.163. The van der Waals surface area contributed by atoms with Gasteiger partial charge in [0, 0.05) is 12.6 Å². The molecule has 4 nitrogen and oxygen atoms in total. The Kier molecular flexibility index (Phi) is 5.22. The molecule has 0 N–H and O–H groups in total. The van der Waals surface area contributed by atoms with Crippen molar-refractivity contribution in [3.8, 4) is 5.75 Å². The predicted octanol–water partition coefficient (Wildman–Crippen LogP) is 4.18. The Labute approximate surface area is 147 Å². The largest absolute Gasteiger partial charge is 0.491 e. The fourth-order valence-electron chi connectivity index (χ4n) is 2.97. The lowest BCUT2D eigenvalue weighted by atomic mass is 9.95. The lowest BCUT2D eigenvalue weighted by Gasteiger charge is -2.36. The summed E-state index contributed by atoms with van der Waals surface area (Å²) >= 11 is 0. The maximum absolute atomic E-state index is 13.3. The van der Waals surface area contributed by atoms with Gasteiger partial charge in [-0.25, -0.2) is 9.18 Å². The number of carbonyl (C=O) groups excluding carboxylic acids is 1. The number of carbonyl (C=O) groups is 1. The van der Waals surface area contributed by atoms with Crippen molar-refractivity contribution in [3.05, 3.63) is 65.5 Å². The van der Waals surface area contributed by atoms with Crippen molar-refractivity contribution in [2.24, 2.45) is 0 Å². The minimum atomic E-state index is -0.350. The van der Waals surface area contributed by atoms with E-state index >= 15 is 0 Å². The van der Waals surface area contributed by atoms with Crippen LogP contribution >= 0.6 is 0 Å². The number of nitrogens with zero attached hydrogens (tertiary/aromatic N) is 1. The molecule has 0 bridgehead atoms. The first-order chi connectivity index (χ1) is 12.0. The van der Waals surface area contributed by atoms with Gasteiger partial charge in [0.1, 0.15) is 18.2 Å². The van der Waals surface area contributed by atoms with Crippen LogP contribution in [0, 0.1) is 5.82 Å². The molecule has 1 unspecified atom stereocenters. The first-order valence-corrected chi connectivity index (χ1v) is 8.45. The summed E-state index contributed by atoms with van der Waals surface area (Å²) in [6, 6.07) is 13.9. The van der Waals surface area contributed by atoms with E-state index < -0.39 is 0 Å². The van der Waals surface area contributed by atoms with Gasteiger partial charge in [-0.05, 0) is 43.5 Å². The standard InChI is InChI=1S/C20H22FNO3/c1-14(2)25-20(23)22-12-16-7-4-3-6-15(16)10-18(22)13-24-19-9-5-8-17(21)11-19/h3-9,11,14,18H,10,12-13H2,1-2H3. The zero-order valence-electron chi connectivity index (χ0n) is 14.4. The molecule has 1 aliphatic heterocycles. The summed E-state index contributed by atoms with van der Waals surface area (Å²) in [5.41, 5.74) is 2.31. The number of hydrogen-bond donors (Lipinski definition) is 0. The summed E-state index contributed by atoms with van der Waals surface area (Å²) in [4.78, 5) is 14.2. The zero-order valence-corrected chi connectivity index (χ0v) is 14.4. The molecule has 2 aromatic carbocycles. The van der Waals surface area contributed by atoms with E-state index in [2.05, 4.69) is 6.07 Å². The third-order valence-corrected chi connectivity index (χ3v) is 4.16. The van der Waals surface area contributed by atoms with Crippen LogP contribution in [0.15, 0.2) is 48.5 Å². The second-order valence-corrected chi connectivity index (χ2v) is 6.46. The third-order valence-electron chi connectivity index (χ3n) is 4.16. The summed E-state index contributed by atoms with van der Waals surface area (Å²) in [6.45, 7) is 4.42. The molecule has 0 radical (unpaired) electrons. The van der Waals surface area contributed by atoms with Crippen molar-refractivity contribution in [2.75, 3.05) is 6.61 Å². The fraction of sp³-hybridized carbons (Fsp3) is 0.350. The van der Waals surface area contributed by atoms with Crippen LogP contribution in [0.1, 0.15) is 25.0 Å². The first-order valence-electron chi connectivity index (χ1n) is 8.45. The van der Waals surface area contributed by atoms with E-state index in [1.165, 1.54) is 17.7 Å². The van der Waals surface area contributed by atoms with Crippen LogP contribution in [0.25, 0.3) is 0 Å². The number of fused-ring (bicyclic) bond motifs is 1. The van der Waals surface area contributed by atoms with Gasteiger partial charge in [-0.2, -0.15) is 0 Å². The number of benzene rings is 2. The van der Waals surface area contributed by atoms with E-state index in [9.17, 15) is 9.18 Å². The Morgan fingerprint density at radius 1 is 1.20 bits per heavy atom. The van der Waals surface area contributed by atoms with Crippen LogP contribution in [0.3, 0.4) is 0 Å². The molecule has 3 rings (SSSR count). The van der Waals surface area contributed by atoms with Gasteiger partial charge >= 0.3 is 6.09 Å². The summed E-state index contributed by atoms with van der Waals surface area (Å²) in [7, 11) is 0. The highest BCUT2D eigenvalue weighted by Gasteiger charge is 2.31. The van der Waals surface area contributed by atoms with E-state index in [1.807, 2.05) is 32.0 Å². The van der Waals surface area contributed by atoms with Crippen molar-refractivity contribution >= 4 is 6.09 Å². The summed E-state index contributed by atoms with van der Waals surface area (Å²) in [6.07, 6.45) is 0.144. The first kappa shape index (κ1) is 17.3. The molecule has 0 saturated heterocycles. The van der Waals surface area contributed by atoms with E-state index in [0.29, 0.717) is 18.7 Å². The second kappa shape index (κ2) is 7.55. The van der Waals surface area contributed by atoms with Gasteiger partial charge in [0.2, 0.25) is 0 Å². The van der Waals surface area contributed by atoms with E-state index in [4.69, 9.17) is 9.47 Å². The van der Waals surface area contributed by atoms with Crippen LogP contribution < -0.4 is 4.74 Å². The third kappa shape index (κ3) is 4.29. The number of rotatable bonds is 4. The zero-order chi connectivity index (χ0) is 17.8. The van der Waals surface area contributed by atoms with Gasteiger partial charge in [-0.1, -0.05) is 30.3 Å². The summed E-state index contributed by atoms with van der Waals surface area (Å²) < 4.78 is 24.4. The molecule has 1 atom stereocenters. The molecule has 5 heteroatoms. The normalized spacial score (nSPS) is 16.5. The molecule has 25 heavy (non-hydrogen) atoms. The molecule has 132 valence electrons. The van der Waals surface area contributed by atoms with Gasteiger partial charge < -0.3 is 9.47 Å². The molecule has 0 saturated carbocycles. The highest BCUT2D eigenvalue weighted by Crippen LogP contribution is 2.25. The predicted molar refractivity (Wildman–Crippen MR) is 93.0 cm³/mol. The molecule has 0 aromatic heterocycles. The highest BCUT2D eigenvalue weighted by molar-refractivity contribution is 5.69. The van der Waals surface area contributed by atoms with Crippen LogP contribution in [-0.4, -0.2) is 29.7 Å². The van der Waals surface area contributed by atoms with Crippen LogP contribution in [-0.2, 0) is 17.7 Å². The molecular formula is C20H22FNO3. The molecule has 0 aliphatic carbocycles. The molecular weight excluding hydrogens is 321 g/mol. The van der Waals surface area contributed by atoms with E-state index in [-0.39, 0.29) is 30.7 Å². The van der Waals surface area contributed by atoms with Crippen LogP contribution in [0.4, 0.5) is 9.18 Å². The Morgan fingerprint density at radius 2 is 1.96 bits per heavy atom. The molecule has 1 aliphatic rings. The molecule has 0 fully saturated rings. The average molecular weight is 343 g/mol. The van der Waals surface area contributed by atoms with Crippen molar-refractivity contribution in [1.29, 1.82) is 0 Å². The van der Waals surface area contributed by atoms with Gasteiger partial charge in [0.15, 0.2) is 0 Å². The van der Waals surface area contributed by atoms with Gasteiger partial charge in [0.05, 0.1) is 12.1 Å². The molecule has 1 amide bonds. The van der Waals surface area contributed by atoms with E-state index in [0.717, 1.165) is 5.56 Å². The van der Waals surface area contributed by atoms with Crippen molar-refractivity contribution in [3.63, 3.8) is 0 Å². The number of hydrogen-bond acceptors (Lipinski definition) is 3. The Morgan fingerprint density at radius 3 is 2.68 bits per heavy atom. The summed E-state index contributed by atoms with van der Waals surface area (Å²) in [5, 5.41) is 0. The lowest BCUT2D eigenvalue weighted by Crippen LogP contribution is -2.48. The quantitative estimate of drug-likeness (QED) is 0.836. The smallest absolute Gasteiger partial charge is 0.410 e. The van der Waals surface area contributed by atoms with Gasteiger partial charge in [0.25, 0.3) is 0 Å². The highest BCUT2D eigenvalue weighted by atomic mass is 19.1. The van der Waals surface area contributed by atoms with E-state index in [1.54, 1.807) is 17.0 Å².